The molecule has 0 bridgehead atoms. The van der Waals surface area contributed by atoms with E-state index in [2.05, 4.69) is 0 Å². The van der Waals surface area contributed by atoms with E-state index in [0.29, 0.717) is 11.4 Å². The van der Waals surface area contributed by atoms with Crippen molar-refractivity contribution in [2.75, 3.05) is 4.90 Å². The molecule has 18 heavy (non-hydrogen) atoms. The van der Waals surface area contributed by atoms with Gasteiger partial charge in [0.1, 0.15) is 4.86 Å². The summed E-state index contributed by atoms with van der Waals surface area (Å²) in [6.45, 7) is 0.566. The first kappa shape index (κ1) is 11.1. The second-order valence-electron chi connectivity index (χ2n) is 4.22. The standard InChI is InChI=1S/C15H11NOS/c17-15-14(18)12-8-4-5-9-13(12)16(15)10-11-6-2-1-3-7-11/h1-9H,10H2. The molecule has 1 heterocycles. The van der Waals surface area contributed by atoms with Crippen LogP contribution >= 0.6 is 12.2 Å². The van der Waals surface area contributed by atoms with Crippen molar-refractivity contribution in [3.05, 3.63) is 65.7 Å². The normalized spacial score (nSPS) is 13.9. The molecule has 0 aromatic heterocycles. The van der Waals surface area contributed by atoms with Crippen LogP contribution in [0.1, 0.15) is 11.1 Å². The van der Waals surface area contributed by atoms with Crippen LogP contribution in [0.15, 0.2) is 54.6 Å². The first-order valence-corrected chi connectivity index (χ1v) is 6.17. The predicted octanol–water partition coefficient (Wildman–Crippen LogP) is 2.95. The number of benzene rings is 2. The number of hydrogen-bond donors (Lipinski definition) is 0. The Kier molecular flexibility index (Phi) is 2.68. The fourth-order valence-corrected chi connectivity index (χ4v) is 2.45. The van der Waals surface area contributed by atoms with E-state index < -0.39 is 0 Å². The third-order valence-electron chi connectivity index (χ3n) is 3.06. The minimum atomic E-state index is -0.0740. The monoisotopic (exact) mass is 253 g/mol. The Hall–Kier alpha value is -2.00. The van der Waals surface area contributed by atoms with Crippen LogP contribution in [0.4, 0.5) is 5.69 Å². The number of carbonyl (C=O) groups excluding carboxylic acids is 1. The highest BCUT2D eigenvalue weighted by Crippen LogP contribution is 2.30. The maximum atomic E-state index is 12.2. The summed E-state index contributed by atoms with van der Waals surface area (Å²) in [5.74, 6) is -0.0740. The van der Waals surface area contributed by atoms with Crippen molar-refractivity contribution in [2.45, 2.75) is 6.54 Å². The number of rotatable bonds is 2. The van der Waals surface area contributed by atoms with E-state index in [1.165, 1.54) is 0 Å². The van der Waals surface area contributed by atoms with Crippen LogP contribution in [0.5, 0.6) is 0 Å². The molecular weight excluding hydrogens is 242 g/mol. The number of anilines is 1. The average Bonchev–Trinajstić information content (AvgIpc) is 2.66. The molecule has 3 rings (SSSR count). The van der Waals surface area contributed by atoms with Crippen LogP contribution < -0.4 is 4.90 Å². The summed E-state index contributed by atoms with van der Waals surface area (Å²) in [5.41, 5.74) is 2.88. The number of hydrogen-bond acceptors (Lipinski definition) is 2. The van der Waals surface area contributed by atoms with Gasteiger partial charge < -0.3 is 4.90 Å². The maximum Gasteiger partial charge on any atom is 0.270 e. The lowest BCUT2D eigenvalue weighted by Crippen LogP contribution is -2.28. The third kappa shape index (κ3) is 1.73. The van der Waals surface area contributed by atoms with E-state index in [1.807, 2.05) is 54.6 Å². The Labute approximate surface area is 111 Å². The van der Waals surface area contributed by atoms with Crippen molar-refractivity contribution in [3.8, 4) is 0 Å². The van der Waals surface area contributed by atoms with Gasteiger partial charge in [-0.15, -0.1) is 0 Å². The zero-order valence-electron chi connectivity index (χ0n) is 9.67. The molecule has 2 aromatic rings. The Morgan fingerprint density at radius 1 is 0.944 bits per heavy atom. The SMILES string of the molecule is O=C1C(=S)c2ccccc2N1Cc1ccccc1. The Balaban J connectivity index is 1.99. The largest absolute Gasteiger partial charge is 0.303 e. The number of carbonyl (C=O) groups is 1. The topological polar surface area (TPSA) is 20.3 Å². The smallest absolute Gasteiger partial charge is 0.270 e. The van der Waals surface area contributed by atoms with Gasteiger partial charge in [0.2, 0.25) is 0 Å². The van der Waals surface area contributed by atoms with Crippen molar-refractivity contribution in [1.82, 2.24) is 0 Å². The minimum Gasteiger partial charge on any atom is -0.303 e. The first-order chi connectivity index (χ1) is 8.77. The molecule has 0 unspecified atom stereocenters. The van der Waals surface area contributed by atoms with Crippen LogP contribution in [-0.2, 0) is 11.3 Å². The highest BCUT2D eigenvalue weighted by atomic mass is 32.1. The van der Waals surface area contributed by atoms with Crippen LogP contribution in [0, 0.1) is 0 Å². The summed E-state index contributed by atoms with van der Waals surface area (Å²) < 4.78 is 0. The van der Waals surface area contributed by atoms with Crippen molar-refractivity contribution >= 4 is 28.7 Å². The highest BCUT2D eigenvalue weighted by Gasteiger charge is 2.31. The summed E-state index contributed by atoms with van der Waals surface area (Å²) >= 11 is 5.20. The zero-order valence-corrected chi connectivity index (χ0v) is 10.5. The zero-order chi connectivity index (χ0) is 12.5. The molecule has 0 fully saturated rings. The molecule has 0 saturated carbocycles. The highest BCUT2D eigenvalue weighted by molar-refractivity contribution is 7.82. The van der Waals surface area contributed by atoms with Crippen LogP contribution in [0.3, 0.4) is 0 Å². The lowest BCUT2D eigenvalue weighted by Gasteiger charge is -2.16. The van der Waals surface area contributed by atoms with E-state index in [0.717, 1.165) is 16.8 Å². The summed E-state index contributed by atoms with van der Waals surface area (Å²) in [6, 6.07) is 17.6. The molecule has 0 N–H and O–H groups in total. The van der Waals surface area contributed by atoms with Crippen molar-refractivity contribution in [1.29, 1.82) is 0 Å². The Morgan fingerprint density at radius 2 is 1.61 bits per heavy atom. The number of nitrogens with zero attached hydrogens (tertiary/aromatic N) is 1. The van der Waals surface area contributed by atoms with E-state index >= 15 is 0 Å². The summed E-state index contributed by atoms with van der Waals surface area (Å²) in [6.07, 6.45) is 0. The van der Waals surface area contributed by atoms with Crippen molar-refractivity contribution < 1.29 is 4.79 Å². The molecule has 0 spiro atoms. The van der Waals surface area contributed by atoms with E-state index in [9.17, 15) is 4.79 Å². The summed E-state index contributed by atoms with van der Waals surface area (Å²) in [4.78, 5) is 14.3. The summed E-state index contributed by atoms with van der Waals surface area (Å²) in [7, 11) is 0. The van der Waals surface area contributed by atoms with Gasteiger partial charge in [-0.3, -0.25) is 4.79 Å². The predicted molar refractivity (Wildman–Crippen MR) is 75.8 cm³/mol. The van der Waals surface area contributed by atoms with Gasteiger partial charge in [0.05, 0.1) is 12.2 Å². The third-order valence-corrected chi connectivity index (χ3v) is 3.46. The number of amides is 1. The van der Waals surface area contributed by atoms with E-state index in [4.69, 9.17) is 12.2 Å². The van der Waals surface area contributed by atoms with Gasteiger partial charge >= 0.3 is 0 Å². The Morgan fingerprint density at radius 3 is 2.39 bits per heavy atom. The van der Waals surface area contributed by atoms with Crippen molar-refractivity contribution in [3.63, 3.8) is 0 Å². The number of fused-ring (bicyclic) bond motifs is 1. The molecule has 88 valence electrons. The van der Waals surface area contributed by atoms with Gasteiger partial charge in [0.25, 0.3) is 5.91 Å². The minimum absolute atomic E-state index is 0.0740. The van der Waals surface area contributed by atoms with Crippen molar-refractivity contribution in [2.24, 2.45) is 0 Å². The molecule has 2 aromatic carbocycles. The van der Waals surface area contributed by atoms with Gasteiger partial charge in [0, 0.05) is 5.56 Å². The average molecular weight is 253 g/mol. The van der Waals surface area contributed by atoms with E-state index in [1.54, 1.807) is 4.90 Å². The molecule has 0 radical (unpaired) electrons. The van der Waals surface area contributed by atoms with E-state index in [-0.39, 0.29) is 5.91 Å². The molecular formula is C15H11NOS. The van der Waals surface area contributed by atoms with Crippen LogP contribution in [0.25, 0.3) is 0 Å². The van der Waals surface area contributed by atoms with Gasteiger partial charge in [-0.25, -0.2) is 0 Å². The number of thiocarbonyl (C=S) groups is 1. The quantitative estimate of drug-likeness (QED) is 0.767. The van der Waals surface area contributed by atoms with Gasteiger partial charge in [-0.2, -0.15) is 0 Å². The molecule has 0 atom stereocenters. The molecule has 1 aliphatic rings. The molecule has 0 aliphatic carbocycles. The van der Waals surface area contributed by atoms with Gasteiger partial charge in [0.15, 0.2) is 0 Å². The molecule has 1 aliphatic heterocycles. The summed E-state index contributed by atoms with van der Waals surface area (Å²) in [5, 5.41) is 0. The second kappa shape index (κ2) is 4.35. The fourth-order valence-electron chi connectivity index (χ4n) is 2.17. The van der Waals surface area contributed by atoms with Gasteiger partial charge in [-0.1, -0.05) is 60.7 Å². The fraction of sp³-hybridized carbons (Fsp3) is 0.0667. The molecule has 2 nitrogen and oxygen atoms in total. The number of para-hydroxylation sites is 1. The molecule has 0 saturated heterocycles. The Bertz CT molecular complexity index is 621. The lowest BCUT2D eigenvalue weighted by molar-refractivity contribution is -0.112. The van der Waals surface area contributed by atoms with Gasteiger partial charge in [-0.05, 0) is 11.6 Å². The second-order valence-corrected chi connectivity index (χ2v) is 4.63. The maximum absolute atomic E-state index is 12.2. The van der Waals surface area contributed by atoms with Crippen LogP contribution in [0.2, 0.25) is 0 Å². The molecule has 1 amide bonds. The lowest BCUT2D eigenvalue weighted by atomic mass is 10.1. The van der Waals surface area contributed by atoms with Crippen LogP contribution in [-0.4, -0.2) is 10.8 Å². The molecule has 3 heteroatoms. The first-order valence-electron chi connectivity index (χ1n) is 5.76.